The first kappa shape index (κ1) is 23.0. The summed E-state index contributed by atoms with van der Waals surface area (Å²) in [6, 6.07) is 16.5. The van der Waals surface area contributed by atoms with Crippen LogP contribution in [0.3, 0.4) is 0 Å². The number of ether oxygens (including phenoxy) is 1. The number of rotatable bonds is 8. The summed E-state index contributed by atoms with van der Waals surface area (Å²) < 4.78 is 35.3. The van der Waals surface area contributed by atoms with Crippen molar-refractivity contribution in [1.29, 1.82) is 0 Å². The van der Waals surface area contributed by atoms with E-state index in [4.69, 9.17) is 9.26 Å². The molecule has 0 radical (unpaired) electrons. The van der Waals surface area contributed by atoms with Crippen molar-refractivity contribution in [2.24, 2.45) is 0 Å². The van der Waals surface area contributed by atoms with Crippen molar-refractivity contribution in [1.82, 2.24) is 10.1 Å². The van der Waals surface area contributed by atoms with E-state index in [2.05, 4.69) is 5.16 Å². The molecule has 0 N–H and O–H groups in total. The summed E-state index contributed by atoms with van der Waals surface area (Å²) in [7, 11) is -3.17. The Balaban J connectivity index is 1.57. The van der Waals surface area contributed by atoms with Gasteiger partial charge in [0.1, 0.15) is 5.75 Å². The SMILES string of the molecule is CCCOc1ccc(CN(C(=O)c2cc(-c3ccc(C)cc3)on2)[C@@H]2CCS(=O)(=O)C2)cc1. The fraction of sp³-hybridized carbons (Fsp3) is 0.360. The Bertz CT molecular complexity index is 1200. The Kier molecular flexibility index (Phi) is 6.83. The van der Waals surface area contributed by atoms with Crippen LogP contribution in [0.2, 0.25) is 0 Å². The Hall–Kier alpha value is -3.13. The van der Waals surface area contributed by atoms with Gasteiger partial charge in [0.15, 0.2) is 21.3 Å². The second kappa shape index (κ2) is 9.79. The summed E-state index contributed by atoms with van der Waals surface area (Å²) >= 11 is 0. The minimum atomic E-state index is -3.17. The molecule has 1 atom stereocenters. The number of benzene rings is 2. The van der Waals surface area contributed by atoms with Crippen molar-refractivity contribution in [3.63, 3.8) is 0 Å². The molecule has 2 aromatic carbocycles. The van der Waals surface area contributed by atoms with Crippen molar-refractivity contribution in [3.05, 3.63) is 71.4 Å². The molecule has 7 nitrogen and oxygen atoms in total. The van der Waals surface area contributed by atoms with E-state index in [1.54, 1.807) is 11.0 Å². The third-order valence-electron chi connectivity index (χ3n) is 5.72. The van der Waals surface area contributed by atoms with Gasteiger partial charge in [-0.05, 0) is 37.5 Å². The molecule has 33 heavy (non-hydrogen) atoms. The van der Waals surface area contributed by atoms with Crippen LogP contribution in [0.15, 0.2) is 59.1 Å². The van der Waals surface area contributed by atoms with Crippen molar-refractivity contribution in [2.75, 3.05) is 18.1 Å². The van der Waals surface area contributed by atoms with E-state index in [1.165, 1.54) is 0 Å². The third-order valence-corrected chi connectivity index (χ3v) is 7.47. The highest BCUT2D eigenvalue weighted by molar-refractivity contribution is 7.91. The Morgan fingerprint density at radius 2 is 1.88 bits per heavy atom. The van der Waals surface area contributed by atoms with E-state index in [1.807, 2.05) is 62.4 Å². The number of hydrogen-bond acceptors (Lipinski definition) is 6. The summed E-state index contributed by atoms with van der Waals surface area (Å²) in [6.07, 6.45) is 1.33. The maximum atomic E-state index is 13.4. The number of carbonyl (C=O) groups is 1. The Labute approximate surface area is 194 Å². The van der Waals surface area contributed by atoms with E-state index in [9.17, 15) is 13.2 Å². The summed E-state index contributed by atoms with van der Waals surface area (Å²) in [5, 5.41) is 4.00. The standard InChI is InChI=1S/C25H28N2O5S/c1-3-13-31-22-10-6-19(7-11-22)16-27(21-12-14-33(29,30)17-21)25(28)23-15-24(32-26-23)20-8-4-18(2)5-9-20/h4-11,15,21H,3,12-14,16-17H2,1-2H3/t21-/m1/s1. The molecule has 1 aromatic heterocycles. The summed E-state index contributed by atoms with van der Waals surface area (Å²) in [4.78, 5) is 15.0. The minimum absolute atomic E-state index is 0.0426. The topological polar surface area (TPSA) is 89.7 Å². The molecule has 1 aliphatic heterocycles. The van der Waals surface area contributed by atoms with E-state index in [-0.39, 0.29) is 29.7 Å². The van der Waals surface area contributed by atoms with Gasteiger partial charge in [0.2, 0.25) is 0 Å². The second-order valence-electron chi connectivity index (χ2n) is 8.42. The van der Waals surface area contributed by atoms with Gasteiger partial charge in [-0.15, -0.1) is 0 Å². The van der Waals surface area contributed by atoms with E-state index < -0.39 is 15.9 Å². The number of aryl methyl sites for hydroxylation is 1. The highest BCUT2D eigenvalue weighted by atomic mass is 32.2. The smallest absolute Gasteiger partial charge is 0.276 e. The van der Waals surface area contributed by atoms with Crippen molar-refractivity contribution >= 4 is 15.7 Å². The van der Waals surface area contributed by atoms with Crippen molar-refractivity contribution < 1.29 is 22.5 Å². The molecule has 0 spiro atoms. The van der Waals surface area contributed by atoms with E-state index in [0.29, 0.717) is 18.8 Å². The monoisotopic (exact) mass is 468 g/mol. The first-order chi connectivity index (χ1) is 15.8. The van der Waals surface area contributed by atoms with Gasteiger partial charge in [-0.25, -0.2) is 8.42 Å². The fourth-order valence-electron chi connectivity index (χ4n) is 3.87. The van der Waals surface area contributed by atoms with Gasteiger partial charge < -0.3 is 14.2 Å². The van der Waals surface area contributed by atoms with Gasteiger partial charge in [-0.3, -0.25) is 4.79 Å². The molecule has 1 fully saturated rings. The molecule has 0 bridgehead atoms. The first-order valence-electron chi connectivity index (χ1n) is 11.1. The van der Waals surface area contributed by atoms with Crippen molar-refractivity contribution in [2.45, 2.75) is 39.3 Å². The molecule has 1 amide bonds. The molecule has 8 heteroatoms. The maximum Gasteiger partial charge on any atom is 0.276 e. The minimum Gasteiger partial charge on any atom is -0.494 e. The number of carbonyl (C=O) groups excluding carboxylic acids is 1. The van der Waals surface area contributed by atoms with Crippen LogP contribution in [0.4, 0.5) is 0 Å². The van der Waals surface area contributed by atoms with Gasteiger partial charge in [0, 0.05) is 24.2 Å². The Morgan fingerprint density at radius 1 is 1.15 bits per heavy atom. The van der Waals surface area contributed by atoms with Gasteiger partial charge in [0.05, 0.1) is 18.1 Å². The predicted molar refractivity (Wildman–Crippen MR) is 126 cm³/mol. The molecular formula is C25H28N2O5S. The number of nitrogens with zero attached hydrogens (tertiary/aromatic N) is 2. The lowest BCUT2D eigenvalue weighted by Gasteiger charge is -2.27. The van der Waals surface area contributed by atoms with Crippen LogP contribution in [0, 0.1) is 6.92 Å². The van der Waals surface area contributed by atoms with Gasteiger partial charge in [-0.1, -0.05) is 54.0 Å². The fourth-order valence-corrected chi connectivity index (χ4v) is 5.60. The predicted octanol–water partition coefficient (Wildman–Crippen LogP) is 4.27. The number of sulfone groups is 1. The quantitative estimate of drug-likeness (QED) is 0.491. The van der Waals surface area contributed by atoms with Crippen LogP contribution < -0.4 is 4.74 Å². The molecule has 0 aliphatic carbocycles. The Morgan fingerprint density at radius 3 is 2.52 bits per heavy atom. The van der Waals surface area contributed by atoms with Crippen LogP contribution in [0.1, 0.15) is 41.4 Å². The number of amides is 1. The van der Waals surface area contributed by atoms with Crippen molar-refractivity contribution in [3.8, 4) is 17.1 Å². The van der Waals surface area contributed by atoms with E-state index in [0.717, 1.165) is 28.9 Å². The zero-order chi connectivity index (χ0) is 23.4. The number of hydrogen-bond donors (Lipinski definition) is 0. The second-order valence-corrected chi connectivity index (χ2v) is 10.7. The van der Waals surface area contributed by atoms with Gasteiger partial charge >= 0.3 is 0 Å². The van der Waals surface area contributed by atoms with Gasteiger partial charge in [-0.2, -0.15) is 0 Å². The molecule has 0 unspecified atom stereocenters. The molecule has 1 aliphatic rings. The zero-order valence-electron chi connectivity index (χ0n) is 18.9. The largest absolute Gasteiger partial charge is 0.494 e. The molecule has 2 heterocycles. The van der Waals surface area contributed by atoms with Gasteiger partial charge in [0.25, 0.3) is 5.91 Å². The summed E-state index contributed by atoms with van der Waals surface area (Å²) in [5.74, 6) is 0.957. The van der Waals surface area contributed by atoms with E-state index >= 15 is 0 Å². The lowest BCUT2D eigenvalue weighted by Crippen LogP contribution is -2.40. The highest BCUT2D eigenvalue weighted by Crippen LogP contribution is 2.26. The molecule has 4 rings (SSSR count). The van der Waals surface area contributed by atoms with Crippen LogP contribution in [0.25, 0.3) is 11.3 Å². The highest BCUT2D eigenvalue weighted by Gasteiger charge is 2.36. The number of aromatic nitrogens is 1. The average Bonchev–Trinajstić information content (AvgIpc) is 3.43. The van der Waals surface area contributed by atoms with Crippen LogP contribution in [-0.2, 0) is 16.4 Å². The average molecular weight is 469 g/mol. The zero-order valence-corrected chi connectivity index (χ0v) is 19.7. The third kappa shape index (κ3) is 5.63. The van der Waals surface area contributed by atoms with Crippen LogP contribution in [0.5, 0.6) is 5.75 Å². The van der Waals surface area contributed by atoms with Crippen LogP contribution >= 0.6 is 0 Å². The molecule has 0 saturated carbocycles. The van der Waals surface area contributed by atoms with Crippen LogP contribution in [-0.4, -0.2) is 48.5 Å². The lowest BCUT2D eigenvalue weighted by molar-refractivity contribution is 0.0670. The normalized spacial score (nSPS) is 17.1. The maximum absolute atomic E-state index is 13.4. The summed E-state index contributed by atoms with van der Waals surface area (Å²) in [6.45, 7) is 4.95. The molecular weight excluding hydrogens is 440 g/mol. The molecule has 1 saturated heterocycles. The summed E-state index contributed by atoms with van der Waals surface area (Å²) in [5.41, 5.74) is 3.00. The molecule has 174 valence electrons. The lowest BCUT2D eigenvalue weighted by atomic mass is 10.1. The first-order valence-corrected chi connectivity index (χ1v) is 12.9. The molecule has 3 aromatic rings.